The average molecular weight is 311 g/mol. The fourth-order valence-corrected chi connectivity index (χ4v) is 3.40. The summed E-state index contributed by atoms with van der Waals surface area (Å²) in [5, 5.41) is 0. The zero-order chi connectivity index (χ0) is 15.8. The van der Waals surface area contributed by atoms with Gasteiger partial charge < -0.3 is 14.2 Å². The maximum Gasteiger partial charge on any atom is 0.174 e. The molecule has 4 rings (SSSR count). The van der Waals surface area contributed by atoms with Crippen molar-refractivity contribution in [2.24, 2.45) is 4.99 Å². The molecule has 2 atom stereocenters. The van der Waals surface area contributed by atoms with Gasteiger partial charge in [0.15, 0.2) is 12.2 Å². The third-order valence-electron chi connectivity index (χ3n) is 4.57. The summed E-state index contributed by atoms with van der Waals surface area (Å²) in [6.07, 6.45) is 4.09. The van der Waals surface area contributed by atoms with Gasteiger partial charge >= 0.3 is 0 Å². The highest BCUT2D eigenvalue weighted by Gasteiger charge is 2.41. The molecule has 1 aromatic carbocycles. The van der Waals surface area contributed by atoms with E-state index in [1.165, 1.54) is 6.40 Å². The van der Waals surface area contributed by atoms with Crippen LogP contribution in [0.25, 0.3) is 0 Å². The van der Waals surface area contributed by atoms with E-state index in [0.717, 1.165) is 22.5 Å². The van der Waals surface area contributed by atoms with Crippen molar-refractivity contribution in [2.45, 2.75) is 24.9 Å². The molecule has 0 saturated heterocycles. The zero-order valence-corrected chi connectivity index (χ0v) is 12.8. The number of nitrogens with zero attached hydrogens (tertiary/aromatic N) is 1. The molecule has 1 aliphatic carbocycles. The maximum absolute atomic E-state index is 12.3. The Kier molecular flexibility index (Phi) is 3.41. The van der Waals surface area contributed by atoms with Gasteiger partial charge in [-0.25, -0.2) is 4.99 Å². The van der Waals surface area contributed by atoms with E-state index in [1.807, 2.05) is 24.3 Å². The first kappa shape index (κ1) is 14.1. The molecule has 0 radical (unpaired) electrons. The van der Waals surface area contributed by atoms with Crippen LogP contribution in [-0.2, 0) is 14.3 Å². The summed E-state index contributed by atoms with van der Waals surface area (Å²) in [5.41, 5.74) is 2.74. The van der Waals surface area contributed by atoms with Gasteiger partial charge in [0, 0.05) is 24.1 Å². The van der Waals surface area contributed by atoms with Gasteiger partial charge in [0.25, 0.3) is 0 Å². The Morgan fingerprint density at radius 3 is 2.87 bits per heavy atom. The van der Waals surface area contributed by atoms with Crippen LogP contribution >= 0.6 is 0 Å². The van der Waals surface area contributed by atoms with E-state index in [4.69, 9.17) is 14.2 Å². The quantitative estimate of drug-likeness (QED) is 0.842. The van der Waals surface area contributed by atoms with E-state index in [2.05, 4.69) is 4.99 Å². The number of carbonyl (C=O) groups excluding carboxylic acids is 1. The molecular formula is C18H17NO4. The maximum atomic E-state index is 12.3. The topological polar surface area (TPSA) is 57.1 Å². The molecule has 0 fully saturated rings. The van der Waals surface area contributed by atoms with Crippen molar-refractivity contribution in [3.63, 3.8) is 0 Å². The summed E-state index contributed by atoms with van der Waals surface area (Å²) in [5.74, 6) is 1.71. The van der Waals surface area contributed by atoms with Crippen LogP contribution in [0.3, 0.4) is 0 Å². The van der Waals surface area contributed by atoms with E-state index in [-0.39, 0.29) is 17.8 Å². The van der Waals surface area contributed by atoms with Crippen LogP contribution in [-0.4, -0.2) is 32.0 Å². The molecule has 2 aliphatic heterocycles. The summed E-state index contributed by atoms with van der Waals surface area (Å²) < 4.78 is 16.8. The van der Waals surface area contributed by atoms with Crippen LogP contribution in [0.1, 0.15) is 24.3 Å². The highest BCUT2D eigenvalue weighted by Crippen LogP contribution is 2.44. The Hall–Kier alpha value is -2.56. The number of ketones is 1. The third kappa shape index (κ3) is 2.32. The predicted octanol–water partition coefficient (Wildman–Crippen LogP) is 2.74. The van der Waals surface area contributed by atoms with Crippen LogP contribution in [0.2, 0.25) is 0 Å². The van der Waals surface area contributed by atoms with E-state index < -0.39 is 0 Å². The number of ether oxygens (including phenoxy) is 3. The van der Waals surface area contributed by atoms with Crippen LogP contribution < -0.4 is 4.74 Å². The number of rotatable bonds is 2. The first-order chi connectivity index (χ1) is 11.3. The largest absolute Gasteiger partial charge is 0.497 e. The molecule has 118 valence electrons. The van der Waals surface area contributed by atoms with Crippen molar-refractivity contribution in [1.82, 2.24) is 0 Å². The van der Waals surface area contributed by atoms with Gasteiger partial charge in [0.2, 0.25) is 0 Å². The molecule has 5 nitrogen and oxygen atoms in total. The number of benzene rings is 1. The van der Waals surface area contributed by atoms with Gasteiger partial charge in [-0.3, -0.25) is 4.79 Å². The summed E-state index contributed by atoms with van der Waals surface area (Å²) in [6.45, 7) is 0.429. The van der Waals surface area contributed by atoms with Gasteiger partial charge in [-0.2, -0.15) is 0 Å². The smallest absolute Gasteiger partial charge is 0.174 e. The molecule has 3 aliphatic rings. The lowest BCUT2D eigenvalue weighted by Crippen LogP contribution is -2.35. The average Bonchev–Trinajstić information content (AvgIpc) is 2.62. The minimum Gasteiger partial charge on any atom is -0.497 e. The fraction of sp³-hybridized carbons (Fsp3) is 0.333. The Morgan fingerprint density at radius 1 is 1.26 bits per heavy atom. The summed E-state index contributed by atoms with van der Waals surface area (Å²) in [4.78, 5) is 16.4. The number of hydrogen-bond acceptors (Lipinski definition) is 5. The summed E-state index contributed by atoms with van der Waals surface area (Å²) in [6, 6.07) is 7.91. The van der Waals surface area contributed by atoms with Crippen molar-refractivity contribution in [3.05, 3.63) is 52.9 Å². The highest BCUT2D eigenvalue weighted by molar-refractivity contribution is 5.98. The number of hydrogen-bond donors (Lipinski definition) is 0. The van der Waals surface area contributed by atoms with Crippen LogP contribution in [0.4, 0.5) is 0 Å². The first-order valence-electron chi connectivity index (χ1n) is 7.68. The molecule has 23 heavy (non-hydrogen) atoms. The van der Waals surface area contributed by atoms with Crippen molar-refractivity contribution < 1.29 is 19.0 Å². The standard InChI is InChI=1S/C18H17NO4/c1-21-12-4-2-11(3-5-12)13-8-14-16(20)6-7-22-18(14)15-9-19-10-23-17(13)15/h2-5,9-10,13,17H,6-8H2,1H3. The second kappa shape index (κ2) is 5.57. The van der Waals surface area contributed by atoms with Crippen molar-refractivity contribution in [2.75, 3.05) is 13.7 Å². The molecule has 5 heteroatoms. The number of fused-ring (bicyclic) bond motifs is 2. The normalized spacial score (nSPS) is 25.8. The molecule has 2 heterocycles. The summed E-state index contributed by atoms with van der Waals surface area (Å²) >= 11 is 0. The van der Waals surface area contributed by atoms with Crippen molar-refractivity contribution >= 4 is 12.2 Å². The van der Waals surface area contributed by atoms with Gasteiger partial charge in [-0.15, -0.1) is 0 Å². The fourth-order valence-electron chi connectivity index (χ4n) is 3.40. The number of carbonyl (C=O) groups is 1. The molecular weight excluding hydrogens is 294 g/mol. The lowest BCUT2D eigenvalue weighted by atomic mass is 9.76. The lowest BCUT2D eigenvalue weighted by molar-refractivity contribution is -0.118. The Bertz CT molecular complexity index is 730. The molecule has 2 unspecified atom stereocenters. The highest BCUT2D eigenvalue weighted by atomic mass is 16.5. The molecule has 0 saturated carbocycles. The van der Waals surface area contributed by atoms with E-state index in [1.54, 1.807) is 13.3 Å². The molecule has 1 aromatic rings. The minimum atomic E-state index is -0.175. The van der Waals surface area contributed by atoms with Gasteiger partial charge in [0.1, 0.15) is 17.6 Å². The Labute approximate surface area is 134 Å². The van der Waals surface area contributed by atoms with Crippen LogP contribution in [0.15, 0.2) is 52.4 Å². The minimum absolute atomic E-state index is 0.0586. The van der Waals surface area contributed by atoms with Gasteiger partial charge in [-0.05, 0) is 24.1 Å². The van der Waals surface area contributed by atoms with E-state index in [9.17, 15) is 4.79 Å². The SMILES string of the molecule is COc1ccc(C2CC3=C(OCCC3=O)C3=CN=COC32)cc1. The van der Waals surface area contributed by atoms with E-state index >= 15 is 0 Å². The first-order valence-corrected chi connectivity index (χ1v) is 7.68. The zero-order valence-electron chi connectivity index (χ0n) is 12.8. The molecule has 0 aromatic heterocycles. The van der Waals surface area contributed by atoms with Crippen molar-refractivity contribution in [1.29, 1.82) is 0 Å². The molecule has 0 amide bonds. The molecule has 0 bridgehead atoms. The number of allylic oxidation sites excluding steroid dienone is 1. The third-order valence-corrected chi connectivity index (χ3v) is 4.57. The lowest BCUT2D eigenvalue weighted by Gasteiger charge is -2.37. The van der Waals surface area contributed by atoms with Crippen LogP contribution in [0.5, 0.6) is 5.75 Å². The number of methoxy groups -OCH3 is 1. The second-order valence-electron chi connectivity index (χ2n) is 5.81. The Balaban J connectivity index is 1.76. The summed E-state index contributed by atoms with van der Waals surface area (Å²) in [7, 11) is 1.65. The molecule has 0 N–H and O–H groups in total. The monoisotopic (exact) mass is 311 g/mol. The van der Waals surface area contributed by atoms with Crippen molar-refractivity contribution in [3.8, 4) is 5.75 Å². The molecule has 0 spiro atoms. The van der Waals surface area contributed by atoms with E-state index in [0.29, 0.717) is 25.2 Å². The van der Waals surface area contributed by atoms with Gasteiger partial charge in [-0.1, -0.05) is 12.1 Å². The Morgan fingerprint density at radius 2 is 2.09 bits per heavy atom. The second-order valence-corrected chi connectivity index (χ2v) is 5.81. The predicted molar refractivity (Wildman–Crippen MR) is 84.4 cm³/mol. The number of Topliss-reactive ketones (excluding diaryl/α,β-unsaturated/α-hetero) is 1. The van der Waals surface area contributed by atoms with Crippen LogP contribution in [0, 0.1) is 0 Å². The number of aliphatic imine (C=N–C) groups is 1. The van der Waals surface area contributed by atoms with Gasteiger partial charge in [0.05, 0.1) is 19.3 Å².